The fraction of sp³-hybridized carbons (Fsp3) is 0.136. The van der Waals surface area contributed by atoms with Crippen molar-refractivity contribution in [3.8, 4) is 11.4 Å². The van der Waals surface area contributed by atoms with Crippen molar-refractivity contribution in [1.82, 2.24) is 29.1 Å². The summed E-state index contributed by atoms with van der Waals surface area (Å²) in [4.78, 5) is 17.5. The van der Waals surface area contributed by atoms with Gasteiger partial charge in [0.1, 0.15) is 0 Å². The lowest BCUT2D eigenvalue weighted by atomic mass is 9.74. The summed E-state index contributed by atoms with van der Waals surface area (Å²) in [5, 5.41) is 4.44. The van der Waals surface area contributed by atoms with Crippen LogP contribution in [0.3, 0.4) is 0 Å². The van der Waals surface area contributed by atoms with Gasteiger partial charge >= 0.3 is 0 Å². The Labute approximate surface area is 290 Å². The molecule has 0 aliphatic rings. The van der Waals surface area contributed by atoms with E-state index in [1.165, 1.54) is 22.3 Å². The van der Waals surface area contributed by atoms with Crippen LogP contribution in [0.1, 0.15) is 49.9 Å². The molecule has 0 saturated carbocycles. The van der Waals surface area contributed by atoms with Gasteiger partial charge in [-0.05, 0) is 70.8 Å². The minimum Gasteiger partial charge on any atom is -0.309 e. The van der Waals surface area contributed by atoms with E-state index in [2.05, 4.69) is 154 Å². The number of nitrogens with zero attached hydrogens (tertiary/aromatic N) is 6. The molecule has 0 unspecified atom stereocenters. The molecule has 0 radical (unpaired) electrons. The number of aromatic nitrogens is 6. The molecule has 0 aliphatic carbocycles. The highest BCUT2D eigenvalue weighted by Crippen LogP contribution is 2.38. The van der Waals surface area contributed by atoms with Crippen molar-refractivity contribution < 1.29 is 0 Å². The summed E-state index contributed by atoms with van der Waals surface area (Å²) < 4.78 is 4.60. The van der Waals surface area contributed by atoms with E-state index in [4.69, 9.17) is 0 Å². The monoisotopic (exact) mass is 648 g/mol. The molecular formula is C44H36N6. The third kappa shape index (κ3) is 4.56. The van der Waals surface area contributed by atoms with Gasteiger partial charge < -0.3 is 9.13 Å². The molecule has 6 heteroatoms. The van der Waals surface area contributed by atoms with Gasteiger partial charge in [-0.1, -0.05) is 76.2 Å². The first-order valence-electron chi connectivity index (χ1n) is 17.0. The van der Waals surface area contributed by atoms with Gasteiger partial charge in [0.2, 0.25) is 0 Å². The molecule has 6 aromatic heterocycles. The molecule has 50 heavy (non-hydrogen) atoms. The van der Waals surface area contributed by atoms with Crippen LogP contribution in [0.5, 0.6) is 0 Å². The predicted molar refractivity (Wildman–Crippen MR) is 203 cm³/mol. The van der Waals surface area contributed by atoms with Crippen LogP contribution in [0.15, 0.2) is 147 Å². The number of fused-ring (bicyclic) bond motifs is 6. The lowest BCUT2D eigenvalue weighted by Crippen LogP contribution is -2.21. The fourth-order valence-corrected chi connectivity index (χ4v) is 7.67. The smallest absolute Gasteiger partial charge is 0.0572 e. The van der Waals surface area contributed by atoms with Crippen LogP contribution < -0.4 is 0 Å². The van der Waals surface area contributed by atoms with Gasteiger partial charge in [-0.15, -0.1) is 0 Å². The van der Waals surface area contributed by atoms with Gasteiger partial charge in [0.05, 0.1) is 22.1 Å². The zero-order valence-corrected chi connectivity index (χ0v) is 28.5. The first-order valence-corrected chi connectivity index (χ1v) is 17.0. The highest BCUT2D eigenvalue weighted by molar-refractivity contribution is 6.09. The maximum absolute atomic E-state index is 4.37. The van der Waals surface area contributed by atoms with Crippen LogP contribution in [0.4, 0.5) is 0 Å². The molecule has 6 heterocycles. The highest BCUT2D eigenvalue weighted by Gasteiger charge is 2.27. The van der Waals surface area contributed by atoms with Gasteiger partial charge in [0.25, 0.3) is 0 Å². The van der Waals surface area contributed by atoms with E-state index in [0.29, 0.717) is 0 Å². The van der Waals surface area contributed by atoms with Crippen molar-refractivity contribution in [3.63, 3.8) is 0 Å². The summed E-state index contributed by atoms with van der Waals surface area (Å²) in [6.07, 6.45) is 15.1. The molecular weight excluding hydrogens is 613 g/mol. The standard InChI is InChI=1S/C44H36N6/c1-43(2,31-9-13-33(14-10-31)49-39-17-21-45-25-35(39)36-26-46-22-18-40(36)49)29-5-7-30(8-6-29)44(3,4)32-11-15-34(16-12-32)50-41-19-23-47-27-37(41)38-28-48-24-20-42(38)50/h5-28H,1-4H3. The molecule has 9 aromatic rings. The van der Waals surface area contributed by atoms with Crippen molar-refractivity contribution in [2.75, 3.05) is 0 Å². The van der Waals surface area contributed by atoms with E-state index in [1.807, 2.05) is 49.6 Å². The Morgan fingerprint density at radius 3 is 0.840 bits per heavy atom. The lowest BCUT2D eigenvalue weighted by molar-refractivity contribution is 0.626. The Bertz CT molecular complexity index is 2380. The van der Waals surface area contributed by atoms with Crippen molar-refractivity contribution in [2.45, 2.75) is 38.5 Å². The fourth-order valence-electron chi connectivity index (χ4n) is 7.67. The average Bonchev–Trinajstić information content (AvgIpc) is 3.68. The molecule has 9 rings (SSSR count). The topological polar surface area (TPSA) is 61.4 Å². The minimum atomic E-state index is -0.176. The minimum absolute atomic E-state index is 0.176. The number of pyridine rings is 4. The quantitative estimate of drug-likeness (QED) is 0.180. The van der Waals surface area contributed by atoms with Crippen LogP contribution in [-0.4, -0.2) is 29.1 Å². The SMILES string of the molecule is CC(C)(c1ccc(-n2c3ccncc3c3cnccc32)cc1)c1ccc(C(C)(C)c2ccc(-n3c4ccncc4c4cnccc43)cc2)cc1. The highest BCUT2D eigenvalue weighted by atomic mass is 15.0. The number of hydrogen-bond acceptors (Lipinski definition) is 4. The maximum atomic E-state index is 4.37. The molecule has 242 valence electrons. The Balaban J connectivity index is 0.997. The van der Waals surface area contributed by atoms with E-state index in [1.54, 1.807) is 0 Å². The van der Waals surface area contributed by atoms with Crippen LogP contribution in [0, 0.1) is 0 Å². The summed E-state index contributed by atoms with van der Waals surface area (Å²) in [5.41, 5.74) is 11.5. The van der Waals surface area contributed by atoms with Gasteiger partial charge in [0, 0.05) is 93.3 Å². The summed E-state index contributed by atoms with van der Waals surface area (Å²) in [6, 6.07) is 35.5. The van der Waals surface area contributed by atoms with Crippen LogP contribution in [-0.2, 0) is 10.8 Å². The molecule has 3 aromatic carbocycles. The molecule has 0 aliphatic heterocycles. The van der Waals surface area contributed by atoms with Crippen molar-refractivity contribution in [1.29, 1.82) is 0 Å². The Hall–Kier alpha value is -6.14. The molecule has 0 amide bonds. The van der Waals surface area contributed by atoms with Gasteiger partial charge in [0.15, 0.2) is 0 Å². The number of hydrogen-bond donors (Lipinski definition) is 0. The Morgan fingerprint density at radius 2 is 0.580 bits per heavy atom. The molecule has 0 spiro atoms. The lowest BCUT2D eigenvalue weighted by Gasteiger charge is -2.30. The first kappa shape index (κ1) is 30.0. The molecule has 0 atom stereocenters. The van der Waals surface area contributed by atoms with E-state index in [0.717, 1.165) is 55.0 Å². The molecule has 0 N–H and O–H groups in total. The largest absolute Gasteiger partial charge is 0.309 e. The van der Waals surface area contributed by atoms with Crippen LogP contribution >= 0.6 is 0 Å². The molecule has 0 fully saturated rings. The average molecular weight is 649 g/mol. The molecule has 6 nitrogen and oxygen atoms in total. The van der Waals surface area contributed by atoms with Crippen molar-refractivity contribution in [2.24, 2.45) is 0 Å². The van der Waals surface area contributed by atoms with Gasteiger partial charge in [-0.2, -0.15) is 0 Å². The van der Waals surface area contributed by atoms with Gasteiger partial charge in [-0.3, -0.25) is 19.9 Å². The van der Waals surface area contributed by atoms with E-state index in [-0.39, 0.29) is 10.8 Å². The second kappa shape index (κ2) is 11.2. The van der Waals surface area contributed by atoms with Crippen LogP contribution in [0.2, 0.25) is 0 Å². The number of rotatable bonds is 6. The van der Waals surface area contributed by atoms with Crippen molar-refractivity contribution >= 4 is 43.6 Å². The Morgan fingerprint density at radius 1 is 0.340 bits per heavy atom. The van der Waals surface area contributed by atoms with Crippen molar-refractivity contribution in [3.05, 3.63) is 169 Å². The Kier molecular flexibility index (Phi) is 6.71. The third-order valence-electron chi connectivity index (χ3n) is 10.8. The summed E-state index contributed by atoms with van der Waals surface area (Å²) in [5.74, 6) is 0. The molecule has 0 bridgehead atoms. The summed E-state index contributed by atoms with van der Waals surface area (Å²) in [6.45, 7) is 9.22. The second-order valence-corrected chi connectivity index (χ2v) is 14.2. The first-order chi connectivity index (χ1) is 24.3. The normalized spacial score (nSPS) is 12.4. The van der Waals surface area contributed by atoms with Crippen LogP contribution in [0.25, 0.3) is 55.0 Å². The van der Waals surface area contributed by atoms with E-state index in [9.17, 15) is 0 Å². The summed E-state index contributed by atoms with van der Waals surface area (Å²) >= 11 is 0. The van der Waals surface area contributed by atoms with E-state index < -0.39 is 0 Å². The summed E-state index contributed by atoms with van der Waals surface area (Å²) in [7, 11) is 0. The predicted octanol–water partition coefficient (Wildman–Crippen LogP) is 10.1. The number of benzene rings is 3. The maximum Gasteiger partial charge on any atom is 0.0572 e. The zero-order chi connectivity index (χ0) is 34.0. The van der Waals surface area contributed by atoms with E-state index >= 15 is 0 Å². The zero-order valence-electron chi connectivity index (χ0n) is 28.5. The molecule has 0 saturated heterocycles. The third-order valence-corrected chi connectivity index (χ3v) is 10.8. The second-order valence-electron chi connectivity index (χ2n) is 14.2. The van der Waals surface area contributed by atoms with Gasteiger partial charge in [-0.25, -0.2) is 0 Å².